The number of hydrogen-bond acceptors (Lipinski definition) is 5. The van der Waals surface area contributed by atoms with Crippen LogP contribution in [0.3, 0.4) is 0 Å². The summed E-state index contributed by atoms with van der Waals surface area (Å²) in [5, 5.41) is 6.73. The van der Waals surface area contributed by atoms with E-state index in [0.29, 0.717) is 23.8 Å². The average molecular weight is 415 g/mol. The fraction of sp³-hybridized carbons (Fsp3) is 0.346. The minimum absolute atomic E-state index is 0.0929. The fourth-order valence-electron chi connectivity index (χ4n) is 4.02. The lowest BCUT2D eigenvalue weighted by molar-refractivity contribution is 0.0911. The van der Waals surface area contributed by atoms with Crippen molar-refractivity contribution >= 4 is 28.9 Å². The number of fused-ring (bicyclic) bond motifs is 1. The van der Waals surface area contributed by atoms with Gasteiger partial charge >= 0.3 is 0 Å². The Bertz CT molecular complexity index is 1180. The largest absolute Gasteiger partial charge is 0.339 e. The Hall–Kier alpha value is -3.21. The van der Waals surface area contributed by atoms with Crippen molar-refractivity contribution in [1.29, 1.82) is 0 Å². The first-order chi connectivity index (χ1) is 14.6. The number of hydrogen-bond donors (Lipinski definition) is 2. The van der Waals surface area contributed by atoms with Gasteiger partial charge in [-0.05, 0) is 86.1 Å². The summed E-state index contributed by atoms with van der Waals surface area (Å²) in [7, 11) is 0. The SMILES string of the molecule is Cc1ccc(Nc2nc3c(c(Nc4ccc(C)c(C)c4)n2)C(=O)CC(C)(C)C3)cc1C. The third kappa shape index (κ3) is 4.46. The highest BCUT2D eigenvalue weighted by Gasteiger charge is 2.35. The third-order valence-corrected chi connectivity index (χ3v) is 6.08. The van der Waals surface area contributed by atoms with Crippen LogP contribution >= 0.6 is 0 Å². The van der Waals surface area contributed by atoms with E-state index in [1.165, 1.54) is 22.3 Å². The molecule has 4 rings (SSSR count). The summed E-state index contributed by atoms with van der Waals surface area (Å²) in [6.45, 7) is 12.6. The Balaban J connectivity index is 1.77. The molecule has 5 heteroatoms. The van der Waals surface area contributed by atoms with Crippen molar-refractivity contribution in [2.75, 3.05) is 10.6 Å². The number of nitrogens with one attached hydrogen (secondary N) is 2. The molecule has 160 valence electrons. The molecule has 0 amide bonds. The summed E-state index contributed by atoms with van der Waals surface area (Å²) < 4.78 is 0. The first-order valence-corrected chi connectivity index (χ1v) is 10.7. The van der Waals surface area contributed by atoms with E-state index in [0.717, 1.165) is 23.5 Å². The molecule has 0 aliphatic heterocycles. The number of aromatic nitrogens is 2. The normalized spacial score (nSPS) is 14.8. The van der Waals surface area contributed by atoms with Crippen molar-refractivity contribution in [3.05, 3.63) is 69.9 Å². The lowest BCUT2D eigenvalue weighted by Gasteiger charge is -2.30. The van der Waals surface area contributed by atoms with Crippen LogP contribution in [0.15, 0.2) is 36.4 Å². The summed E-state index contributed by atoms with van der Waals surface area (Å²) in [6, 6.07) is 12.4. The van der Waals surface area contributed by atoms with Crippen LogP contribution in [-0.4, -0.2) is 15.8 Å². The summed E-state index contributed by atoms with van der Waals surface area (Å²) in [5.74, 6) is 1.16. The zero-order valence-electron chi connectivity index (χ0n) is 19.2. The number of nitrogens with zero attached hydrogens (tertiary/aromatic N) is 2. The van der Waals surface area contributed by atoms with Crippen molar-refractivity contribution in [3.8, 4) is 0 Å². The lowest BCUT2D eigenvalue weighted by atomic mass is 9.75. The van der Waals surface area contributed by atoms with Gasteiger partial charge in [0.2, 0.25) is 5.95 Å². The van der Waals surface area contributed by atoms with Crippen molar-refractivity contribution < 1.29 is 4.79 Å². The van der Waals surface area contributed by atoms with Crippen LogP contribution in [0, 0.1) is 33.1 Å². The minimum Gasteiger partial charge on any atom is -0.339 e. The van der Waals surface area contributed by atoms with Crippen LogP contribution in [0.25, 0.3) is 0 Å². The van der Waals surface area contributed by atoms with E-state index in [-0.39, 0.29) is 11.2 Å². The predicted octanol–water partition coefficient (Wildman–Crippen LogP) is 6.35. The van der Waals surface area contributed by atoms with Gasteiger partial charge in [0, 0.05) is 17.8 Å². The summed E-state index contributed by atoms with van der Waals surface area (Å²) in [6.07, 6.45) is 1.23. The molecule has 0 saturated heterocycles. The molecule has 0 bridgehead atoms. The monoisotopic (exact) mass is 414 g/mol. The number of benzene rings is 2. The van der Waals surface area contributed by atoms with Gasteiger partial charge in [-0.25, -0.2) is 4.98 Å². The lowest BCUT2D eigenvalue weighted by Crippen LogP contribution is -2.29. The number of aryl methyl sites for hydroxylation is 4. The summed E-state index contributed by atoms with van der Waals surface area (Å²) in [4.78, 5) is 22.5. The third-order valence-electron chi connectivity index (χ3n) is 6.08. The number of rotatable bonds is 4. The van der Waals surface area contributed by atoms with Crippen LogP contribution in [0.2, 0.25) is 0 Å². The number of Topliss-reactive ketones (excluding diaryl/α,β-unsaturated/α-hetero) is 1. The summed E-state index contributed by atoms with van der Waals surface area (Å²) in [5.41, 5.74) is 8.00. The van der Waals surface area contributed by atoms with E-state index in [2.05, 4.69) is 76.4 Å². The Morgan fingerprint density at radius 3 is 1.94 bits per heavy atom. The molecular formula is C26H30N4O. The second-order valence-corrected chi connectivity index (χ2v) is 9.51. The number of anilines is 4. The molecule has 0 saturated carbocycles. The average Bonchev–Trinajstić information content (AvgIpc) is 2.66. The van der Waals surface area contributed by atoms with E-state index in [1.54, 1.807) is 0 Å². The second kappa shape index (κ2) is 7.80. The fourth-order valence-corrected chi connectivity index (χ4v) is 4.02. The molecule has 1 aromatic heterocycles. The minimum atomic E-state index is -0.117. The van der Waals surface area contributed by atoms with Gasteiger partial charge in [-0.1, -0.05) is 26.0 Å². The highest BCUT2D eigenvalue weighted by Crippen LogP contribution is 2.38. The smallest absolute Gasteiger partial charge is 0.229 e. The highest BCUT2D eigenvalue weighted by atomic mass is 16.1. The van der Waals surface area contributed by atoms with Crippen LogP contribution < -0.4 is 10.6 Å². The van der Waals surface area contributed by atoms with Gasteiger partial charge in [0.05, 0.1) is 11.3 Å². The zero-order chi connectivity index (χ0) is 22.3. The van der Waals surface area contributed by atoms with Crippen molar-refractivity contribution in [3.63, 3.8) is 0 Å². The van der Waals surface area contributed by atoms with Crippen molar-refractivity contribution in [2.24, 2.45) is 5.41 Å². The molecule has 3 aromatic rings. The standard InChI is InChI=1S/C26H30N4O/c1-15-7-9-19(11-17(15)3)27-24-23-21(13-26(5,6)14-22(23)31)29-25(30-24)28-20-10-8-16(2)18(4)12-20/h7-12H,13-14H2,1-6H3,(H2,27,28,29,30). The van der Waals surface area contributed by atoms with Gasteiger partial charge in [0.15, 0.2) is 5.78 Å². The zero-order valence-corrected chi connectivity index (χ0v) is 19.2. The van der Waals surface area contributed by atoms with Gasteiger partial charge in [-0.2, -0.15) is 4.98 Å². The second-order valence-electron chi connectivity index (χ2n) is 9.51. The van der Waals surface area contributed by atoms with Gasteiger partial charge in [-0.3, -0.25) is 4.79 Å². The van der Waals surface area contributed by atoms with E-state index in [9.17, 15) is 4.79 Å². The Kier molecular flexibility index (Phi) is 5.29. The number of carbonyl (C=O) groups excluding carboxylic acids is 1. The number of ketones is 1. The Morgan fingerprint density at radius 2 is 1.35 bits per heavy atom. The van der Waals surface area contributed by atoms with Crippen LogP contribution in [0.5, 0.6) is 0 Å². The van der Waals surface area contributed by atoms with Gasteiger partial charge in [0.25, 0.3) is 0 Å². The molecule has 0 atom stereocenters. The first-order valence-electron chi connectivity index (χ1n) is 10.7. The highest BCUT2D eigenvalue weighted by molar-refractivity contribution is 6.03. The molecule has 31 heavy (non-hydrogen) atoms. The Morgan fingerprint density at radius 1 is 0.774 bits per heavy atom. The van der Waals surface area contributed by atoms with E-state index >= 15 is 0 Å². The maximum absolute atomic E-state index is 13.0. The molecule has 1 aliphatic rings. The molecule has 0 fully saturated rings. The van der Waals surface area contributed by atoms with E-state index < -0.39 is 0 Å². The quantitative estimate of drug-likeness (QED) is 0.520. The van der Waals surface area contributed by atoms with Crippen LogP contribution in [0.1, 0.15) is 58.6 Å². The van der Waals surface area contributed by atoms with Crippen molar-refractivity contribution in [2.45, 2.75) is 54.4 Å². The molecule has 2 N–H and O–H groups in total. The topological polar surface area (TPSA) is 66.9 Å². The molecule has 5 nitrogen and oxygen atoms in total. The predicted molar refractivity (Wildman–Crippen MR) is 127 cm³/mol. The van der Waals surface area contributed by atoms with Gasteiger partial charge in [0.1, 0.15) is 5.82 Å². The van der Waals surface area contributed by atoms with Gasteiger partial charge in [-0.15, -0.1) is 0 Å². The summed E-state index contributed by atoms with van der Waals surface area (Å²) >= 11 is 0. The molecule has 2 aromatic carbocycles. The van der Waals surface area contributed by atoms with Crippen LogP contribution in [-0.2, 0) is 6.42 Å². The maximum Gasteiger partial charge on any atom is 0.229 e. The maximum atomic E-state index is 13.0. The molecule has 0 spiro atoms. The molecule has 1 aliphatic carbocycles. The number of carbonyl (C=O) groups is 1. The first kappa shape index (κ1) is 21.0. The van der Waals surface area contributed by atoms with Crippen LogP contribution in [0.4, 0.5) is 23.1 Å². The Labute approximate surface area is 184 Å². The molecule has 1 heterocycles. The molecule has 0 radical (unpaired) electrons. The van der Waals surface area contributed by atoms with E-state index in [4.69, 9.17) is 9.97 Å². The molecular weight excluding hydrogens is 384 g/mol. The van der Waals surface area contributed by atoms with Gasteiger partial charge < -0.3 is 10.6 Å². The molecule has 0 unspecified atom stereocenters. The van der Waals surface area contributed by atoms with E-state index in [1.807, 2.05) is 12.1 Å². The van der Waals surface area contributed by atoms with Crippen molar-refractivity contribution in [1.82, 2.24) is 9.97 Å².